The first-order valence-corrected chi connectivity index (χ1v) is 8.35. The second-order valence-corrected chi connectivity index (χ2v) is 7.44. The van der Waals surface area contributed by atoms with E-state index in [2.05, 4.69) is 15.0 Å². The fourth-order valence-corrected chi connectivity index (χ4v) is 1.82. The van der Waals surface area contributed by atoms with Crippen LogP contribution in [0.3, 0.4) is 0 Å². The Morgan fingerprint density at radius 1 is 1.33 bits per heavy atom. The molecule has 3 N–H and O–H groups in total. The second-order valence-electron chi connectivity index (χ2n) is 5.78. The average Bonchev–Trinajstić information content (AvgIpc) is 2.35. The van der Waals surface area contributed by atoms with Gasteiger partial charge in [0.1, 0.15) is 5.60 Å². The standard InChI is InChI=1S/C7H18N4O2S.C5H10O2/c1-10(14(8,12)13)6-7-11-4-2-9-3-5-11;1-5(2,3)7-4-6/h9H,2-7H2,1H3,(H2,8,12,13);4H,1-3H3. The summed E-state index contributed by atoms with van der Waals surface area (Å²) in [5.74, 6) is 0. The average molecular weight is 324 g/mol. The lowest BCUT2D eigenvalue weighted by atomic mass is 10.2. The zero-order valence-corrected chi connectivity index (χ0v) is 14.1. The third-order valence-electron chi connectivity index (χ3n) is 2.78. The molecule has 0 aliphatic carbocycles. The monoisotopic (exact) mass is 324 g/mol. The molecule has 9 heteroatoms. The van der Waals surface area contributed by atoms with E-state index >= 15 is 0 Å². The number of hydrogen-bond donors (Lipinski definition) is 2. The summed E-state index contributed by atoms with van der Waals surface area (Å²) in [6.07, 6.45) is 0. The number of nitrogens with one attached hydrogen (secondary N) is 1. The molecule has 126 valence electrons. The number of carbonyl (C=O) groups excluding carboxylic acids is 1. The molecule has 0 bridgehead atoms. The Morgan fingerprint density at radius 2 is 1.86 bits per heavy atom. The Kier molecular flexibility index (Phi) is 8.98. The summed E-state index contributed by atoms with van der Waals surface area (Å²) in [7, 11) is -2.02. The van der Waals surface area contributed by atoms with Gasteiger partial charge in [-0.05, 0) is 20.8 Å². The number of piperazine rings is 1. The molecule has 1 aliphatic rings. The molecular weight excluding hydrogens is 296 g/mol. The summed E-state index contributed by atoms with van der Waals surface area (Å²) in [6, 6.07) is 0. The zero-order chi connectivity index (χ0) is 16.5. The fourth-order valence-electron chi connectivity index (χ4n) is 1.49. The Hall–Kier alpha value is -0.740. The summed E-state index contributed by atoms with van der Waals surface area (Å²) in [5, 5.41) is 8.20. The van der Waals surface area contributed by atoms with Crippen LogP contribution >= 0.6 is 0 Å². The lowest BCUT2D eigenvalue weighted by molar-refractivity contribution is -0.138. The molecule has 0 aromatic rings. The van der Waals surface area contributed by atoms with E-state index in [1.807, 2.05) is 20.8 Å². The number of nitrogens with zero attached hydrogens (tertiary/aromatic N) is 2. The van der Waals surface area contributed by atoms with Crippen LogP contribution in [-0.4, -0.2) is 76.0 Å². The maximum Gasteiger partial charge on any atom is 0.293 e. The van der Waals surface area contributed by atoms with Crippen LogP contribution in [0.2, 0.25) is 0 Å². The lowest BCUT2D eigenvalue weighted by Gasteiger charge is -2.28. The van der Waals surface area contributed by atoms with E-state index in [0.717, 1.165) is 32.7 Å². The predicted octanol–water partition coefficient (Wildman–Crippen LogP) is -1.02. The minimum Gasteiger partial charge on any atom is -0.462 e. The molecule has 0 amide bonds. The fraction of sp³-hybridized carbons (Fsp3) is 0.917. The van der Waals surface area contributed by atoms with E-state index < -0.39 is 10.2 Å². The highest BCUT2D eigenvalue weighted by molar-refractivity contribution is 7.86. The van der Waals surface area contributed by atoms with Crippen molar-refractivity contribution in [1.29, 1.82) is 0 Å². The highest BCUT2D eigenvalue weighted by atomic mass is 32.2. The van der Waals surface area contributed by atoms with Gasteiger partial charge in [0.05, 0.1) is 0 Å². The first-order chi connectivity index (χ1) is 9.56. The predicted molar refractivity (Wildman–Crippen MR) is 81.9 cm³/mol. The van der Waals surface area contributed by atoms with E-state index in [0.29, 0.717) is 13.0 Å². The van der Waals surface area contributed by atoms with Crippen molar-refractivity contribution >= 4 is 16.7 Å². The van der Waals surface area contributed by atoms with Crippen LogP contribution in [0.5, 0.6) is 0 Å². The van der Waals surface area contributed by atoms with Crippen LogP contribution in [0, 0.1) is 0 Å². The smallest absolute Gasteiger partial charge is 0.293 e. The Bertz CT molecular complexity index is 389. The normalized spacial score (nSPS) is 17.0. The number of carbonyl (C=O) groups is 1. The molecule has 0 spiro atoms. The summed E-state index contributed by atoms with van der Waals surface area (Å²) >= 11 is 0. The molecule has 0 unspecified atom stereocenters. The first kappa shape index (κ1) is 20.3. The van der Waals surface area contributed by atoms with Gasteiger partial charge in [-0.25, -0.2) is 5.14 Å². The summed E-state index contributed by atoms with van der Waals surface area (Å²) in [6.45, 7) is 11.0. The van der Waals surface area contributed by atoms with Gasteiger partial charge in [0, 0.05) is 46.3 Å². The number of nitrogens with two attached hydrogens (primary N) is 1. The van der Waals surface area contributed by atoms with Gasteiger partial charge in [-0.15, -0.1) is 0 Å². The van der Waals surface area contributed by atoms with Crippen LogP contribution in [0.1, 0.15) is 20.8 Å². The molecule has 1 heterocycles. The molecule has 0 radical (unpaired) electrons. The minimum atomic E-state index is -3.51. The maximum absolute atomic E-state index is 10.9. The number of hydrogen-bond acceptors (Lipinski definition) is 6. The maximum atomic E-state index is 10.9. The van der Waals surface area contributed by atoms with Crippen molar-refractivity contribution in [1.82, 2.24) is 14.5 Å². The van der Waals surface area contributed by atoms with Crippen LogP contribution in [0.25, 0.3) is 0 Å². The largest absolute Gasteiger partial charge is 0.462 e. The number of rotatable bonds is 5. The van der Waals surface area contributed by atoms with Gasteiger partial charge in [0.2, 0.25) is 0 Å². The van der Waals surface area contributed by atoms with Crippen molar-refractivity contribution in [3.05, 3.63) is 0 Å². The Balaban J connectivity index is 0.000000486. The third kappa shape index (κ3) is 11.6. The molecule has 1 aliphatic heterocycles. The van der Waals surface area contributed by atoms with Gasteiger partial charge in [-0.1, -0.05) is 0 Å². The molecule has 1 rings (SSSR count). The van der Waals surface area contributed by atoms with Gasteiger partial charge in [-0.2, -0.15) is 12.7 Å². The summed E-state index contributed by atoms with van der Waals surface area (Å²) < 4.78 is 27.5. The topological polar surface area (TPSA) is 105 Å². The van der Waals surface area contributed by atoms with E-state index in [-0.39, 0.29) is 5.60 Å². The van der Waals surface area contributed by atoms with Crippen molar-refractivity contribution < 1.29 is 17.9 Å². The van der Waals surface area contributed by atoms with Gasteiger partial charge in [-0.3, -0.25) is 9.69 Å². The van der Waals surface area contributed by atoms with E-state index in [1.54, 1.807) is 0 Å². The van der Waals surface area contributed by atoms with Crippen LogP contribution in [0.15, 0.2) is 0 Å². The summed E-state index contributed by atoms with van der Waals surface area (Å²) in [5.41, 5.74) is -0.318. The van der Waals surface area contributed by atoms with E-state index in [4.69, 9.17) is 5.14 Å². The number of likely N-dealkylation sites (N-methyl/N-ethyl adjacent to an activating group) is 1. The van der Waals surface area contributed by atoms with Gasteiger partial charge < -0.3 is 10.1 Å². The molecular formula is C12H28N4O4S. The lowest BCUT2D eigenvalue weighted by Crippen LogP contribution is -2.47. The molecule has 0 atom stereocenters. The Morgan fingerprint density at radius 3 is 2.19 bits per heavy atom. The van der Waals surface area contributed by atoms with Gasteiger partial charge >= 0.3 is 0 Å². The van der Waals surface area contributed by atoms with Crippen LogP contribution in [-0.2, 0) is 19.7 Å². The summed E-state index contributed by atoms with van der Waals surface area (Å²) in [4.78, 5) is 11.8. The first-order valence-electron chi connectivity index (χ1n) is 6.85. The molecule has 21 heavy (non-hydrogen) atoms. The molecule has 8 nitrogen and oxygen atoms in total. The second kappa shape index (κ2) is 9.31. The van der Waals surface area contributed by atoms with E-state index in [1.165, 1.54) is 11.4 Å². The SMILES string of the molecule is CC(C)(C)OC=O.CN(CCN1CCNCC1)S(N)(=O)=O. The molecule has 1 saturated heterocycles. The van der Waals surface area contributed by atoms with Crippen molar-refractivity contribution in [3.63, 3.8) is 0 Å². The third-order valence-corrected chi connectivity index (χ3v) is 3.83. The molecule has 0 saturated carbocycles. The Labute approximate surface area is 127 Å². The minimum absolute atomic E-state index is 0.318. The molecule has 1 fully saturated rings. The highest BCUT2D eigenvalue weighted by Gasteiger charge is 2.14. The highest BCUT2D eigenvalue weighted by Crippen LogP contribution is 2.02. The van der Waals surface area contributed by atoms with Crippen molar-refractivity contribution in [2.45, 2.75) is 26.4 Å². The van der Waals surface area contributed by atoms with Crippen LogP contribution in [0.4, 0.5) is 0 Å². The van der Waals surface area contributed by atoms with Gasteiger partial charge in [0.15, 0.2) is 0 Å². The molecule has 0 aromatic carbocycles. The van der Waals surface area contributed by atoms with Gasteiger partial charge in [0.25, 0.3) is 16.7 Å². The zero-order valence-electron chi connectivity index (χ0n) is 13.3. The van der Waals surface area contributed by atoms with Crippen LogP contribution < -0.4 is 10.5 Å². The van der Waals surface area contributed by atoms with E-state index in [9.17, 15) is 13.2 Å². The number of ether oxygens (including phenoxy) is 1. The van der Waals surface area contributed by atoms with Crippen molar-refractivity contribution in [2.24, 2.45) is 5.14 Å². The molecule has 0 aromatic heterocycles. The van der Waals surface area contributed by atoms with Crippen molar-refractivity contribution in [3.8, 4) is 0 Å². The van der Waals surface area contributed by atoms with Crippen molar-refractivity contribution in [2.75, 3.05) is 46.3 Å². The quantitative estimate of drug-likeness (QED) is 0.628.